The Kier molecular flexibility index (Phi) is 5.30. The van der Waals surface area contributed by atoms with Gasteiger partial charge in [-0.2, -0.15) is 0 Å². The molecule has 0 saturated carbocycles. The summed E-state index contributed by atoms with van der Waals surface area (Å²) in [7, 11) is 0. The molecule has 1 nitrogen and oxygen atoms in total. The molecule has 2 aromatic rings. The molecule has 0 aliphatic carbocycles. The summed E-state index contributed by atoms with van der Waals surface area (Å²) >= 11 is 15.5. The van der Waals surface area contributed by atoms with Crippen LogP contribution in [-0.2, 0) is 0 Å². The van der Waals surface area contributed by atoms with Gasteiger partial charge in [-0.15, -0.1) is 11.6 Å². The highest BCUT2D eigenvalue weighted by Gasteiger charge is 2.16. The van der Waals surface area contributed by atoms with Crippen LogP contribution in [0.3, 0.4) is 0 Å². The van der Waals surface area contributed by atoms with Crippen LogP contribution in [0.2, 0.25) is 5.02 Å². The molecule has 0 aliphatic heterocycles. The fourth-order valence-electron chi connectivity index (χ4n) is 1.82. The van der Waals surface area contributed by atoms with Gasteiger partial charge in [0.25, 0.3) is 0 Å². The van der Waals surface area contributed by atoms with Gasteiger partial charge in [-0.3, -0.25) is 0 Å². The van der Waals surface area contributed by atoms with Crippen molar-refractivity contribution in [3.8, 4) is 5.75 Å². The molecule has 106 valence electrons. The average Bonchev–Trinajstić information content (AvgIpc) is 2.42. The zero-order chi connectivity index (χ0) is 14.7. The minimum absolute atomic E-state index is 0.0865. The summed E-state index contributed by atoms with van der Waals surface area (Å²) in [5.41, 5.74) is 1.50. The second-order valence-electron chi connectivity index (χ2n) is 4.15. The zero-order valence-electron chi connectivity index (χ0n) is 10.7. The lowest BCUT2D eigenvalue weighted by molar-refractivity contribution is 0.340. The molecule has 1 atom stereocenters. The van der Waals surface area contributed by atoms with Crippen molar-refractivity contribution in [1.29, 1.82) is 0 Å². The van der Waals surface area contributed by atoms with Crippen LogP contribution >= 0.6 is 39.1 Å². The van der Waals surface area contributed by atoms with Gasteiger partial charge in [0.15, 0.2) is 0 Å². The Labute approximate surface area is 135 Å². The van der Waals surface area contributed by atoms with Gasteiger partial charge < -0.3 is 4.74 Å². The second-order valence-corrected chi connectivity index (χ2v) is 5.85. The van der Waals surface area contributed by atoms with E-state index in [1.807, 2.05) is 25.1 Å². The van der Waals surface area contributed by atoms with Crippen molar-refractivity contribution in [2.45, 2.75) is 12.3 Å². The lowest BCUT2D eigenvalue weighted by Gasteiger charge is -2.14. The number of alkyl halides is 1. The minimum atomic E-state index is -0.475. The van der Waals surface area contributed by atoms with Gasteiger partial charge in [-0.1, -0.05) is 39.7 Å². The predicted molar refractivity (Wildman–Crippen MR) is 84.4 cm³/mol. The molecule has 0 bridgehead atoms. The number of ether oxygens (including phenoxy) is 1. The van der Waals surface area contributed by atoms with E-state index in [2.05, 4.69) is 15.9 Å². The van der Waals surface area contributed by atoms with E-state index < -0.39 is 11.2 Å². The average molecular weight is 378 g/mol. The van der Waals surface area contributed by atoms with Crippen LogP contribution in [-0.4, -0.2) is 6.61 Å². The lowest BCUT2D eigenvalue weighted by Crippen LogP contribution is -1.97. The summed E-state index contributed by atoms with van der Waals surface area (Å²) in [6, 6.07) is 10.1. The third-order valence-electron chi connectivity index (χ3n) is 2.79. The molecular weight excluding hydrogens is 366 g/mol. The van der Waals surface area contributed by atoms with Gasteiger partial charge >= 0.3 is 0 Å². The standard InChI is InChI=1S/C15H12BrCl2FO/c1-2-20-10-4-5-11(12(16)8-10)15(18)9-3-6-13(17)14(19)7-9/h3-8,15H,2H2,1H3. The van der Waals surface area contributed by atoms with Crippen LogP contribution in [0.25, 0.3) is 0 Å². The SMILES string of the molecule is CCOc1ccc(C(Cl)c2ccc(Cl)c(F)c2)c(Br)c1. The summed E-state index contributed by atoms with van der Waals surface area (Å²) in [5.74, 6) is 0.283. The monoisotopic (exact) mass is 376 g/mol. The molecule has 1 unspecified atom stereocenters. The van der Waals surface area contributed by atoms with E-state index in [0.29, 0.717) is 12.2 Å². The molecule has 0 heterocycles. The van der Waals surface area contributed by atoms with Gasteiger partial charge in [0, 0.05) is 4.47 Å². The van der Waals surface area contributed by atoms with E-state index in [9.17, 15) is 4.39 Å². The summed E-state index contributed by atoms with van der Waals surface area (Å²) in [6.07, 6.45) is 0. The van der Waals surface area contributed by atoms with E-state index in [4.69, 9.17) is 27.9 Å². The molecular formula is C15H12BrCl2FO. The number of hydrogen-bond acceptors (Lipinski definition) is 1. The van der Waals surface area contributed by atoms with Crippen LogP contribution in [0.15, 0.2) is 40.9 Å². The largest absolute Gasteiger partial charge is 0.494 e. The molecule has 0 fully saturated rings. The summed E-state index contributed by atoms with van der Waals surface area (Å²) in [4.78, 5) is 0. The maximum atomic E-state index is 13.5. The van der Waals surface area contributed by atoms with Crippen molar-refractivity contribution in [1.82, 2.24) is 0 Å². The third kappa shape index (κ3) is 3.46. The molecule has 0 aromatic heterocycles. The Balaban J connectivity index is 2.32. The smallest absolute Gasteiger partial charge is 0.142 e. The van der Waals surface area contributed by atoms with E-state index >= 15 is 0 Å². The van der Waals surface area contributed by atoms with Crippen LogP contribution in [0.5, 0.6) is 5.75 Å². The Morgan fingerprint density at radius 3 is 2.60 bits per heavy atom. The number of halogens is 4. The molecule has 5 heteroatoms. The summed E-state index contributed by atoms with van der Waals surface area (Å²) in [6.45, 7) is 2.52. The topological polar surface area (TPSA) is 9.23 Å². The second kappa shape index (κ2) is 6.79. The quantitative estimate of drug-likeness (QED) is 0.596. The summed E-state index contributed by atoms with van der Waals surface area (Å²) < 4.78 is 19.7. The van der Waals surface area contributed by atoms with Gasteiger partial charge in [-0.05, 0) is 42.3 Å². The highest BCUT2D eigenvalue weighted by atomic mass is 79.9. The molecule has 0 saturated heterocycles. The fourth-order valence-corrected chi connectivity index (χ4v) is 2.98. The third-order valence-corrected chi connectivity index (χ3v) is 4.27. The summed E-state index contributed by atoms with van der Waals surface area (Å²) in [5, 5.41) is -0.379. The molecule has 0 radical (unpaired) electrons. The van der Waals surface area contributed by atoms with Crippen molar-refractivity contribution >= 4 is 39.1 Å². The van der Waals surface area contributed by atoms with Gasteiger partial charge in [-0.25, -0.2) is 4.39 Å². The zero-order valence-corrected chi connectivity index (χ0v) is 13.8. The van der Waals surface area contributed by atoms with E-state index in [0.717, 1.165) is 15.8 Å². The maximum absolute atomic E-state index is 13.5. The van der Waals surface area contributed by atoms with Crippen LogP contribution in [0.1, 0.15) is 23.4 Å². The van der Waals surface area contributed by atoms with E-state index in [-0.39, 0.29) is 5.02 Å². The normalized spacial score (nSPS) is 12.2. The van der Waals surface area contributed by atoms with Crippen molar-refractivity contribution in [2.75, 3.05) is 6.61 Å². The molecule has 2 aromatic carbocycles. The molecule has 0 aliphatic rings. The molecule has 0 amide bonds. The fraction of sp³-hybridized carbons (Fsp3) is 0.200. The van der Waals surface area contributed by atoms with Gasteiger partial charge in [0.2, 0.25) is 0 Å². The van der Waals surface area contributed by atoms with E-state index in [1.165, 1.54) is 12.1 Å². The first-order valence-electron chi connectivity index (χ1n) is 6.04. The first-order valence-corrected chi connectivity index (χ1v) is 7.65. The maximum Gasteiger partial charge on any atom is 0.142 e. The lowest BCUT2D eigenvalue weighted by atomic mass is 10.0. The van der Waals surface area contributed by atoms with Crippen LogP contribution in [0.4, 0.5) is 4.39 Å². The Morgan fingerprint density at radius 2 is 2.00 bits per heavy atom. The first-order chi connectivity index (χ1) is 9.52. The molecule has 0 N–H and O–H groups in total. The number of benzene rings is 2. The van der Waals surface area contributed by atoms with Crippen molar-refractivity contribution < 1.29 is 9.13 Å². The highest BCUT2D eigenvalue weighted by molar-refractivity contribution is 9.10. The first kappa shape index (κ1) is 15.6. The predicted octanol–water partition coefficient (Wildman–Crippen LogP) is 5.97. The van der Waals surface area contributed by atoms with Crippen molar-refractivity contribution in [3.05, 3.63) is 62.8 Å². The highest BCUT2D eigenvalue weighted by Crippen LogP contribution is 2.36. The van der Waals surface area contributed by atoms with Gasteiger partial charge in [0.05, 0.1) is 17.0 Å². The van der Waals surface area contributed by atoms with Crippen LogP contribution < -0.4 is 4.74 Å². The van der Waals surface area contributed by atoms with Crippen molar-refractivity contribution in [2.24, 2.45) is 0 Å². The Morgan fingerprint density at radius 1 is 1.25 bits per heavy atom. The Hall–Kier alpha value is -0.770. The van der Waals surface area contributed by atoms with E-state index in [1.54, 1.807) is 6.07 Å². The number of rotatable bonds is 4. The Bertz CT molecular complexity index is 619. The molecule has 2 rings (SSSR count). The van der Waals surface area contributed by atoms with Crippen molar-refractivity contribution in [3.63, 3.8) is 0 Å². The van der Waals surface area contributed by atoms with Crippen LogP contribution in [0, 0.1) is 5.82 Å². The molecule has 0 spiro atoms. The molecule has 20 heavy (non-hydrogen) atoms. The van der Waals surface area contributed by atoms with Gasteiger partial charge in [0.1, 0.15) is 11.6 Å². The minimum Gasteiger partial charge on any atom is -0.494 e. The number of hydrogen-bond donors (Lipinski definition) is 0.